The minimum Gasteiger partial charge on any atom is -0.367 e. The monoisotopic (exact) mass is 249 g/mol. The van der Waals surface area contributed by atoms with Crippen molar-refractivity contribution in [3.05, 3.63) is 17.8 Å². The van der Waals surface area contributed by atoms with Gasteiger partial charge in [-0.1, -0.05) is 0 Å². The second-order valence-corrected chi connectivity index (χ2v) is 4.92. The van der Waals surface area contributed by atoms with Crippen LogP contribution in [0.15, 0.2) is 12.1 Å². The van der Waals surface area contributed by atoms with E-state index in [9.17, 15) is 4.79 Å². The molecule has 1 aliphatic carbocycles. The molecule has 6 nitrogen and oxygen atoms in total. The quantitative estimate of drug-likeness (QED) is 0.759. The molecule has 1 aliphatic rings. The molecule has 0 bridgehead atoms. The predicted molar refractivity (Wildman–Crippen MR) is 69.2 cm³/mol. The SMILES string of the molecule is CN(C)C(CNc1ccc(C(N)=O)nn1)C1CC1. The standard InChI is InChI=1S/C12H19N5O/c1-17(2)10(8-3-4-8)7-14-11-6-5-9(12(13)18)15-16-11/h5-6,8,10H,3-4,7H2,1-2H3,(H2,13,18)(H,14,16). The zero-order valence-electron chi connectivity index (χ0n) is 10.8. The molecule has 98 valence electrons. The molecule has 0 aromatic carbocycles. The van der Waals surface area contributed by atoms with Crippen molar-refractivity contribution in [2.24, 2.45) is 11.7 Å². The molecule has 1 aromatic heterocycles. The van der Waals surface area contributed by atoms with Crippen LogP contribution >= 0.6 is 0 Å². The Morgan fingerprint density at radius 2 is 2.22 bits per heavy atom. The van der Waals surface area contributed by atoms with Crippen LogP contribution in [-0.4, -0.2) is 47.7 Å². The lowest BCUT2D eigenvalue weighted by molar-refractivity contribution is 0.0994. The molecule has 1 atom stereocenters. The summed E-state index contributed by atoms with van der Waals surface area (Å²) in [4.78, 5) is 13.1. The van der Waals surface area contributed by atoms with Gasteiger partial charge < -0.3 is 16.0 Å². The molecule has 1 unspecified atom stereocenters. The number of aromatic nitrogens is 2. The molecule has 1 saturated carbocycles. The lowest BCUT2D eigenvalue weighted by atomic mass is 10.1. The number of nitrogens with two attached hydrogens (primary N) is 1. The maximum atomic E-state index is 10.9. The van der Waals surface area contributed by atoms with Crippen LogP contribution in [0.25, 0.3) is 0 Å². The largest absolute Gasteiger partial charge is 0.367 e. The Morgan fingerprint density at radius 3 is 2.67 bits per heavy atom. The van der Waals surface area contributed by atoms with Gasteiger partial charge in [-0.3, -0.25) is 4.79 Å². The van der Waals surface area contributed by atoms with Crippen molar-refractivity contribution in [1.82, 2.24) is 15.1 Å². The van der Waals surface area contributed by atoms with Crippen molar-refractivity contribution in [1.29, 1.82) is 0 Å². The van der Waals surface area contributed by atoms with Gasteiger partial charge in [-0.25, -0.2) is 0 Å². The minimum atomic E-state index is -0.557. The van der Waals surface area contributed by atoms with Crippen LogP contribution in [0.1, 0.15) is 23.3 Å². The van der Waals surface area contributed by atoms with Gasteiger partial charge in [0.25, 0.3) is 5.91 Å². The Morgan fingerprint density at radius 1 is 1.50 bits per heavy atom. The number of hydrogen-bond donors (Lipinski definition) is 2. The van der Waals surface area contributed by atoms with Gasteiger partial charge in [0.15, 0.2) is 5.69 Å². The normalized spacial score (nSPS) is 16.6. The minimum absolute atomic E-state index is 0.187. The van der Waals surface area contributed by atoms with Crippen LogP contribution in [0, 0.1) is 5.92 Å². The summed E-state index contributed by atoms with van der Waals surface area (Å²) in [5.74, 6) is 0.899. The van der Waals surface area contributed by atoms with Gasteiger partial charge in [-0.15, -0.1) is 10.2 Å². The summed E-state index contributed by atoms with van der Waals surface area (Å²) in [6, 6.07) is 3.83. The van der Waals surface area contributed by atoms with Gasteiger partial charge in [0.1, 0.15) is 5.82 Å². The van der Waals surface area contributed by atoms with E-state index in [0.717, 1.165) is 12.5 Å². The highest BCUT2D eigenvalue weighted by Gasteiger charge is 2.32. The summed E-state index contributed by atoms with van der Waals surface area (Å²) < 4.78 is 0. The Bertz CT molecular complexity index is 411. The molecule has 18 heavy (non-hydrogen) atoms. The summed E-state index contributed by atoms with van der Waals surface area (Å²) in [6.07, 6.45) is 2.60. The second-order valence-electron chi connectivity index (χ2n) is 4.92. The fraction of sp³-hybridized carbons (Fsp3) is 0.583. The molecule has 1 fully saturated rings. The van der Waals surface area contributed by atoms with E-state index >= 15 is 0 Å². The topological polar surface area (TPSA) is 84.1 Å². The highest BCUT2D eigenvalue weighted by molar-refractivity contribution is 5.90. The second kappa shape index (κ2) is 5.30. The lowest BCUT2D eigenvalue weighted by Crippen LogP contribution is -2.36. The van der Waals surface area contributed by atoms with Crippen LogP contribution < -0.4 is 11.1 Å². The maximum Gasteiger partial charge on any atom is 0.269 e. The molecule has 0 saturated heterocycles. The fourth-order valence-corrected chi connectivity index (χ4v) is 2.02. The van der Waals surface area contributed by atoms with Gasteiger partial charge in [0.05, 0.1) is 0 Å². The van der Waals surface area contributed by atoms with Crippen LogP contribution in [0.4, 0.5) is 5.82 Å². The smallest absolute Gasteiger partial charge is 0.269 e. The van der Waals surface area contributed by atoms with Crippen LogP contribution in [0.3, 0.4) is 0 Å². The molecule has 2 rings (SSSR count). The molecule has 0 spiro atoms. The Labute approximate surface area is 107 Å². The first-order chi connectivity index (χ1) is 8.58. The molecular weight excluding hydrogens is 230 g/mol. The first-order valence-corrected chi connectivity index (χ1v) is 6.11. The number of primary amides is 1. The maximum absolute atomic E-state index is 10.9. The van der Waals surface area contributed by atoms with Crippen molar-refractivity contribution in [3.8, 4) is 0 Å². The number of anilines is 1. The number of carbonyl (C=O) groups excluding carboxylic acids is 1. The van der Waals surface area contributed by atoms with Gasteiger partial charge in [0, 0.05) is 12.6 Å². The summed E-state index contributed by atoms with van der Waals surface area (Å²) >= 11 is 0. The molecule has 1 heterocycles. The van der Waals surface area contributed by atoms with Crippen molar-refractivity contribution < 1.29 is 4.79 Å². The highest BCUT2D eigenvalue weighted by atomic mass is 16.1. The molecule has 1 amide bonds. The number of likely N-dealkylation sites (N-methyl/N-ethyl adjacent to an activating group) is 1. The summed E-state index contributed by atoms with van der Waals surface area (Å²) in [6.45, 7) is 0.836. The van der Waals surface area contributed by atoms with E-state index in [1.54, 1.807) is 12.1 Å². The fourth-order valence-electron chi connectivity index (χ4n) is 2.02. The zero-order chi connectivity index (χ0) is 13.1. The lowest BCUT2D eigenvalue weighted by Gasteiger charge is -2.24. The number of carbonyl (C=O) groups is 1. The number of nitrogens with one attached hydrogen (secondary N) is 1. The average molecular weight is 249 g/mol. The molecule has 0 radical (unpaired) electrons. The van der Waals surface area contributed by atoms with Crippen LogP contribution in [0.2, 0.25) is 0 Å². The summed E-state index contributed by atoms with van der Waals surface area (Å²) in [7, 11) is 4.18. The molecular formula is C12H19N5O. The van der Waals surface area contributed by atoms with Crippen molar-refractivity contribution in [3.63, 3.8) is 0 Å². The number of rotatable bonds is 6. The number of hydrogen-bond acceptors (Lipinski definition) is 5. The highest BCUT2D eigenvalue weighted by Crippen LogP contribution is 2.34. The van der Waals surface area contributed by atoms with Crippen LogP contribution in [-0.2, 0) is 0 Å². The predicted octanol–water partition coefficient (Wildman–Crippen LogP) is 0.328. The van der Waals surface area contributed by atoms with Crippen molar-refractivity contribution in [2.45, 2.75) is 18.9 Å². The first-order valence-electron chi connectivity index (χ1n) is 6.11. The van der Waals surface area contributed by atoms with E-state index in [2.05, 4.69) is 34.5 Å². The van der Waals surface area contributed by atoms with Crippen LogP contribution in [0.5, 0.6) is 0 Å². The Kier molecular flexibility index (Phi) is 3.76. The molecule has 3 N–H and O–H groups in total. The van der Waals surface area contributed by atoms with E-state index in [1.807, 2.05) is 0 Å². The Hall–Kier alpha value is -1.69. The number of amides is 1. The van der Waals surface area contributed by atoms with Crippen molar-refractivity contribution >= 4 is 11.7 Å². The van der Waals surface area contributed by atoms with E-state index in [0.29, 0.717) is 11.9 Å². The van der Waals surface area contributed by atoms with Gasteiger partial charge >= 0.3 is 0 Å². The van der Waals surface area contributed by atoms with Crippen molar-refractivity contribution in [2.75, 3.05) is 26.0 Å². The van der Waals surface area contributed by atoms with E-state index in [-0.39, 0.29) is 5.69 Å². The van der Waals surface area contributed by atoms with Gasteiger partial charge in [-0.05, 0) is 45.0 Å². The molecule has 6 heteroatoms. The zero-order valence-corrected chi connectivity index (χ0v) is 10.8. The third kappa shape index (κ3) is 3.16. The molecule has 1 aromatic rings. The number of nitrogens with zero attached hydrogens (tertiary/aromatic N) is 3. The first kappa shape index (κ1) is 12.8. The third-order valence-electron chi connectivity index (χ3n) is 3.24. The Balaban J connectivity index is 1.90. The molecule has 0 aliphatic heterocycles. The average Bonchev–Trinajstić information content (AvgIpc) is 3.14. The summed E-state index contributed by atoms with van der Waals surface area (Å²) in [5.41, 5.74) is 5.29. The van der Waals surface area contributed by atoms with Gasteiger partial charge in [0.2, 0.25) is 0 Å². The third-order valence-corrected chi connectivity index (χ3v) is 3.24. The van der Waals surface area contributed by atoms with Gasteiger partial charge in [-0.2, -0.15) is 0 Å². The summed E-state index contributed by atoms with van der Waals surface area (Å²) in [5, 5.41) is 10.9. The van der Waals surface area contributed by atoms with E-state index < -0.39 is 5.91 Å². The van der Waals surface area contributed by atoms with E-state index in [1.165, 1.54) is 12.8 Å². The van der Waals surface area contributed by atoms with E-state index in [4.69, 9.17) is 5.73 Å².